The molecule has 0 atom stereocenters. The molecule has 0 aliphatic carbocycles. The van der Waals surface area contributed by atoms with Gasteiger partial charge in [-0.25, -0.2) is 5.01 Å². The molecule has 0 spiro atoms. The Kier molecular flexibility index (Phi) is 6.35. The van der Waals surface area contributed by atoms with Gasteiger partial charge in [0, 0.05) is 55.6 Å². The normalized spacial score (nSPS) is 18.4. The predicted molar refractivity (Wildman–Crippen MR) is 127 cm³/mol. The molecule has 0 saturated carbocycles. The van der Waals surface area contributed by atoms with Crippen molar-refractivity contribution in [2.45, 2.75) is 27.3 Å². The number of amides is 2. The van der Waals surface area contributed by atoms with E-state index in [1.807, 2.05) is 34.9 Å². The first kappa shape index (κ1) is 22.5. The summed E-state index contributed by atoms with van der Waals surface area (Å²) in [6.45, 7) is 12.2. The highest BCUT2D eigenvalue weighted by atomic mass is 16.2. The molecule has 4 rings (SSSR count). The zero-order valence-electron chi connectivity index (χ0n) is 19.6. The Morgan fingerprint density at radius 1 is 1.12 bits per heavy atom. The van der Waals surface area contributed by atoms with Gasteiger partial charge in [0.1, 0.15) is 12.2 Å². The number of hydrazone groups is 1. The van der Waals surface area contributed by atoms with Crippen molar-refractivity contribution < 1.29 is 9.59 Å². The van der Waals surface area contributed by atoms with Gasteiger partial charge < -0.3 is 14.8 Å². The monoisotopic (exact) mass is 438 g/mol. The van der Waals surface area contributed by atoms with Crippen LogP contribution in [-0.2, 0) is 11.3 Å². The number of fused-ring (bicyclic) bond motifs is 3. The van der Waals surface area contributed by atoms with Crippen molar-refractivity contribution in [1.29, 1.82) is 0 Å². The third kappa shape index (κ3) is 4.86. The SMILES string of the molecule is CN1CCN(CCNC(=O)CN2N=C(C(C)(C)C)Cn3c(cc4ccccc43)C2=O)CC1. The van der Waals surface area contributed by atoms with Gasteiger partial charge in [0.15, 0.2) is 0 Å². The molecule has 1 aromatic heterocycles. The van der Waals surface area contributed by atoms with Gasteiger partial charge in [-0.3, -0.25) is 14.5 Å². The van der Waals surface area contributed by atoms with Crippen LogP contribution in [0.3, 0.4) is 0 Å². The van der Waals surface area contributed by atoms with Crippen LogP contribution in [0.1, 0.15) is 31.3 Å². The summed E-state index contributed by atoms with van der Waals surface area (Å²) < 4.78 is 2.02. The first-order valence-electron chi connectivity index (χ1n) is 11.4. The summed E-state index contributed by atoms with van der Waals surface area (Å²) in [4.78, 5) is 30.7. The average Bonchev–Trinajstić information content (AvgIpc) is 3.05. The van der Waals surface area contributed by atoms with E-state index in [0.29, 0.717) is 18.8 Å². The molecule has 1 aromatic carbocycles. The zero-order chi connectivity index (χ0) is 22.9. The first-order valence-corrected chi connectivity index (χ1v) is 11.4. The number of rotatable bonds is 5. The number of hydrogen-bond acceptors (Lipinski definition) is 5. The summed E-state index contributed by atoms with van der Waals surface area (Å²) >= 11 is 0. The highest BCUT2D eigenvalue weighted by Gasteiger charge is 2.31. The molecule has 2 aromatic rings. The van der Waals surface area contributed by atoms with E-state index < -0.39 is 0 Å². The van der Waals surface area contributed by atoms with Crippen molar-refractivity contribution >= 4 is 28.4 Å². The summed E-state index contributed by atoms with van der Waals surface area (Å²) in [6, 6.07) is 9.87. The predicted octanol–water partition coefficient (Wildman–Crippen LogP) is 1.86. The second kappa shape index (κ2) is 9.03. The highest BCUT2D eigenvalue weighted by molar-refractivity contribution is 6.03. The molecule has 0 unspecified atom stereocenters. The van der Waals surface area contributed by atoms with Crippen molar-refractivity contribution in [3.05, 3.63) is 36.0 Å². The number of para-hydroxylation sites is 1. The number of likely N-dealkylation sites (N-methyl/N-ethyl adjacent to an activating group) is 1. The lowest BCUT2D eigenvalue weighted by atomic mass is 9.90. The Balaban J connectivity index is 1.48. The number of carbonyl (C=O) groups excluding carboxylic acids is 2. The molecule has 32 heavy (non-hydrogen) atoms. The van der Waals surface area contributed by atoms with E-state index in [-0.39, 0.29) is 23.8 Å². The fourth-order valence-electron chi connectivity index (χ4n) is 4.17. The fraction of sp³-hybridized carbons (Fsp3) is 0.542. The summed E-state index contributed by atoms with van der Waals surface area (Å²) in [5, 5.41) is 9.99. The molecule has 2 aliphatic rings. The van der Waals surface area contributed by atoms with Gasteiger partial charge in [-0.2, -0.15) is 5.10 Å². The minimum absolute atomic E-state index is 0.0807. The Hall–Kier alpha value is -2.71. The number of piperazine rings is 1. The second-order valence-electron chi connectivity index (χ2n) is 9.83. The van der Waals surface area contributed by atoms with Gasteiger partial charge in [0.05, 0.1) is 12.3 Å². The van der Waals surface area contributed by atoms with Crippen LogP contribution in [0.4, 0.5) is 0 Å². The van der Waals surface area contributed by atoms with Crippen molar-refractivity contribution in [2.24, 2.45) is 10.5 Å². The largest absolute Gasteiger partial charge is 0.353 e. The van der Waals surface area contributed by atoms with Gasteiger partial charge in [0.25, 0.3) is 5.91 Å². The summed E-state index contributed by atoms with van der Waals surface area (Å²) in [7, 11) is 2.13. The Morgan fingerprint density at radius 2 is 1.84 bits per heavy atom. The van der Waals surface area contributed by atoms with E-state index >= 15 is 0 Å². The lowest BCUT2D eigenvalue weighted by molar-refractivity contribution is -0.121. The highest BCUT2D eigenvalue weighted by Crippen LogP contribution is 2.27. The molecule has 8 nitrogen and oxygen atoms in total. The van der Waals surface area contributed by atoms with Crippen LogP contribution in [0.2, 0.25) is 0 Å². The number of aromatic nitrogens is 1. The molecule has 2 amide bonds. The lowest BCUT2D eigenvalue weighted by Gasteiger charge is -2.32. The van der Waals surface area contributed by atoms with Crippen LogP contribution in [0, 0.1) is 5.41 Å². The average molecular weight is 439 g/mol. The van der Waals surface area contributed by atoms with E-state index in [1.165, 1.54) is 5.01 Å². The molecule has 8 heteroatoms. The van der Waals surface area contributed by atoms with E-state index in [9.17, 15) is 9.59 Å². The zero-order valence-corrected chi connectivity index (χ0v) is 19.6. The summed E-state index contributed by atoms with van der Waals surface area (Å²) in [5.74, 6) is -0.427. The summed E-state index contributed by atoms with van der Waals surface area (Å²) in [6.07, 6.45) is 0. The van der Waals surface area contributed by atoms with Crippen LogP contribution in [0.15, 0.2) is 35.4 Å². The second-order valence-corrected chi connectivity index (χ2v) is 9.83. The van der Waals surface area contributed by atoms with E-state index in [4.69, 9.17) is 0 Å². The molecule has 0 radical (unpaired) electrons. The molecular weight excluding hydrogens is 404 g/mol. The van der Waals surface area contributed by atoms with E-state index in [1.54, 1.807) is 0 Å². The quantitative estimate of drug-likeness (QED) is 0.774. The molecule has 1 saturated heterocycles. The Labute approximate surface area is 189 Å². The first-order chi connectivity index (χ1) is 15.2. The third-order valence-corrected chi connectivity index (χ3v) is 6.32. The maximum absolute atomic E-state index is 13.4. The molecular formula is C24H34N6O2. The number of carbonyl (C=O) groups is 2. The van der Waals surface area contributed by atoms with Gasteiger partial charge in [-0.1, -0.05) is 39.0 Å². The van der Waals surface area contributed by atoms with Gasteiger partial charge >= 0.3 is 0 Å². The van der Waals surface area contributed by atoms with Gasteiger partial charge in [-0.15, -0.1) is 0 Å². The minimum atomic E-state index is -0.241. The fourth-order valence-corrected chi connectivity index (χ4v) is 4.17. The molecule has 3 heterocycles. The van der Waals surface area contributed by atoms with Crippen molar-refractivity contribution in [3.8, 4) is 0 Å². The van der Waals surface area contributed by atoms with Crippen molar-refractivity contribution in [2.75, 3.05) is 52.9 Å². The Bertz CT molecular complexity index is 1030. The Morgan fingerprint density at radius 3 is 2.56 bits per heavy atom. The van der Waals surface area contributed by atoms with Gasteiger partial charge in [0.2, 0.25) is 5.91 Å². The van der Waals surface area contributed by atoms with E-state index in [0.717, 1.165) is 49.3 Å². The van der Waals surface area contributed by atoms with Crippen LogP contribution in [0.25, 0.3) is 10.9 Å². The van der Waals surface area contributed by atoms with Crippen molar-refractivity contribution in [1.82, 2.24) is 24.7 Å². The van der Waals surface area contributed by atoms with Crippen molar-refractivity contribution in [3.63, 3.8) is 0 Å². The van der Waals surface area contributed by atoms with Gasteiger partial charge in [-0.05, 0) is 19.2 Å². The molecule has 0 bridgehead atoms. The van der Waals surface area contributed by atoms with Crippen LogP contribution in [-0.4, -0.2) is 89.8 Å². The van der Waals surface area contributed by atoms with Crippen LogP contribution < -0.4 is 5.32 Å². The maximum atomic E-state index is 13.4. The number of benzene rings is 1. The standard InChI is InChI=1S/C24H34N6O2/c1-24(2,3)21-16-29-19-8-6-5-7-18(19)15-20(29)23(32)30(26-21)17-22(31)25-9-10-28-13-11-27(4)12-14-28/h5-8,15H,9-14,16-17H2,1-4H3,(H,25,31). The van der Waals surface area contributed by atoms with E-state index in [2.05, 4.69) is 48.0 Å². The number of hydrogen-bond donors (Lipinski definition) is 1. The topological polar surface area (TPSA) is 73.2 Å². The maximum Gasteiger partial charge on any atom is 0.291 e. The molecule has 1 fully saturated rings. The smallest absolute Gasteiger partial charge is 0.291 e. The third-order valence-electron chi connectivity index (χ3n) is 6.32. The molecule has 172 valence electrons. The lowest BCUT2D eigenvalue weighted by Crippen LogP contribution is -2.47. The molecule has 1 N–H and O–H groups in total. The van der Waals surface area contributed by atoms with Crippen LogP contribution in [0.5, 0.6) is 0 Å². The number of nitrogens with one attached hydrogen (secondary N) is 1. The number of nitrogens with zero attached hydrogens (tertiary/aromatic N) is 5. The summed E-state index contributed by atoms with van der Waals surface area (Å²) in [5.41, 5.74) is 2.21. The van der Waals surface area contributed by atoms with Crippen LogP contribution >= 0.6 is 0 Å². The molecule has 2 aliphatic heterocycles. The minimum Gasteiger partial charge on any atom is -0.353 e.